The van der Waals surface area contributed by atoms with Crippen LogP contribution in [0.25, 0.3) is 0 Å². The largest absolute Gasteiger partial charge is 0.266 e. The van der Waals surface area contributed by atoms with Gasteiger partial charge in [-0.2, -0.15) is 8.78 Å². The lowest BCUT2D eigenvalue weighted by Gasteiger charge is -2.00. The molecule has 0 aromatic carbocycles. The predicted octanol–water partition coefficient (Wildman–Crippen LogP) is 5.80. The molecule has 0 aliphatic carbocycles. The molecule has 0 fully saturated rings. The molecular formula is C12H19BrF2. The van der Waals surface area contributed by atoms with Crippen LogP contribution in [0.3, 0.4) is 0 Å². The van der Waals surface area contributed by atoms with Crippen molar-refractivity contribution >= 4 is 15.9 Å². The Bertz CT molecular complexity index is 196. The number of unbranched alkanes of at least 4 members (excludes halogenated alkanes) is 6. The summed E-state index contributed by atoms with van der Waals surface area (Å²) in [6.07, 6.45) is 7.66. The number of rotatable bonds is 9. The summed E-state index contributed by atoms with van der Waals surface area (Å²) in [5.74, 6) is 0. The summed E-state index contributed by atoms with van der Waals surface area (Å²) in [4.78, 5) is 0. The molecule has 0 aliphatic heterocycles. The van der Waals surface area contributed by atoms with Crippen LogP contribution in [-0.4, -0.2) is 0 Å². The van der Waals surface area contributed by atoms with E-state index in [4.69, 9.17) is 0 Å². The zero-order valence-corrected chi connectivity index (χ0v) is 10.7. The number of allylic oxidation sites excluding steroid dienone is 2. The van der Waals surface area contributed by atoms with Crippen LogP contribution >= 0.6 is 15.9 Å². The van der Waals surface area contributed by atoms with Crippen molar-refractivity contribution in [2.75, 3.05) is 0 Å². The molecule has 0 N–H and O–H groups in total. The first-order valence-electron chi connectivity index (χ1n) is 5.47. The lowest BCUT2D eigenvalue weighted by molar-refractivity contribution is 0.416. The van der Waals surface area contributed by atoms with E-state index >= 15 is 0 Å². The molecule has 0 heterocycles. The molecular weight excluding hydrogens is 262 g/mol. The standard InChI is InChI=1S/C12H19BrF2/c1-11(13)9-7-5-3-2-4-6-8-10-12(14)15/h10H,1-9H2. The molecule has 0 atom stereocenters. The Morgan fingerprint density at radius 3 is 2.07 bits per heavy atom. The molecule has 0 aromatic rings. The fourth-order valence-electron chi connectivity index (χ4n) is 1.38. The van der Waals surface area contributed by atoms with Gasteiger partial charge in [-0.3, -0.25) is 0 Å². The Kier molecular flexibility index (Phi) is 10.2. The second-order valence-corrected chi connectivity index (χ2v) is 4.79. The lowest BCUT2D eigenvalue weighted by atomic mass is 10.1. The maximum absolute atomic E-state index is 11.6. The molecule has 0 radical (unpaired) electrons. The third-order valence-electron chi connectivity index (χ3n) is 2.20. The Morgan fingerprint density at radius 2 is 1.53 bits per heavy atom. The van der Waals surface area contributed by atoms with Crippen LogP contribution < -0.4 is 0 Å². The first-order chi connectivity index (χ1) is 7.13. The summed E-state index contributed by atoms with van der Waals surface area (Å²) in [5.41, 5.74) is 0. The maximum atomic E-state index is 11.6. The van der Waals surface area contributed by atoms with Crippen molar-refractivity contribution in [2.24, 2.45) is 0 Å². The summed E-state index contributed by atoms with van der Waals surface area (Å²) in [6.45, 7) is 3.77. The van der Waals surface area contributed by atoms with Crippen LogP contribution in [0, 0.1) is 0 Å². The molecule has 0 nitrogen and oxygen atoms in total. The third-order valence-corrected chi connectivity index (χ3v) is 2.60. The van der Waals surface area contributed by atoms with E-state index in [1.54, 1.807) is 0 Å². The highest BCUT2D eigenvalue weighted by Gasteiger charge is 1.93. The lowest BCUT2D eigenvalue weighted by Crippen LogP contribution is -1.80. The van der Waals surface area contributed by atoms with Crippen LogP contribution in [0.4, 0.5) is 8.78 Å². The summed E-state index contributed by atoms with van der Waals surface area (Å²) in [6, 6.07) is 0. The van der Waals surface area contributed by atoms with Crippen molar-refractivity contribution in [2.45, 2.75) is 51.4 Å². The summed E-state index contributed by atoms with van der Waals surface area (Å²) < 4.78 is 24.3. The molecule has 15 heavy (non-hydrogen) atoms. The molecule has 88 valence electrons. The van der Waals surface area contributed by atoms with Gasteiger partial charge in [-0.05, 0) is 36.2 Å². The molecule has 0 aromatic heterocycles. The zero-order valence-electron chi connectivity index (χ0n) is 9.08. The van der Waals surface area contributed by atoms with E-state index in [-0.39, 0.29) is 0 Å². The van der Waals surface area contributed by atoms with E-state index in [0.29, 0.717) is 6.42 Å². The monoisotopic (exact) mass is 280 g/mol. The van der Waals surface area contributed by atoms with E-state index in [1.165, 1.54) is 19.3 Å². The molecule has 0 aliphatic rings. The SMILES string of the molecule is C=C(Br)CCCCCCCCC=C(F)F. The van der Waals surface area contributed by atoms with E-state index in [1.807, 2.05) is 0 Å². The first kappa shape index (κ1) is 14.8. The summed E-state index contributed by atoms with van der Waals surface area (Å²) >= 11 is 3.32. The van der Waals surface area contributed by atoms with Crippen molar-refractivity contribution in [3.05, 3.63) is 23.2 Å². The minimum Gasteiger partial charge on any atom is -0.174 e. The predicted molar refractivity (Wildman–Crippen MR) is 65.3 cm³/mol. The van der Waals surface area contributed by atoms with Crippen LogP contribution in [-0.2, 0) is 0 Å². The van der Waals surface area contributed by atoms with E-state index in [0.717, 1.165) is 36.2 Å². The highest BCUT2D eigenvalue weighted by Crippen LogP contribution is 2.14. The highest BCUT2D eigenvalue weighted by molar-refractivity contribution is 9.11. The topological polar surface area (TPSA) is 0 Å². The summed E-state index contributed by atoms with van der Waals surface area (Å²) in [5, 5.41) is 0. The molecule has 0 amide bonds. The first-order valence-corrected chi connectivity index (χ1v) is 6.26. The van der Waals surface area contributed by atoms with E-state index < -0.39 is 6.08 Å². The van der Waals surface area contributed by atoms with Crippen molar-refractivity contribution in [3.8, 4) is 0 Å². The second kappa shape index (κ2) is 10.3. The zero-order chi connectivity index (χ0) is 11.5. The Labute approximate surface area is 99.6 Å². The average Bonchev–Trinajstić information content (AvgIpc) is 2.14. The third kappa shape index (κ3) is 13.8. The Morgan fingerprint density at radius 1 is 1.00 bits per heavy atom. The van der Waals surface area contributed by atoms with Crippen molar-refractivity contribution in [3.63, 3.8) is 0 Å². The van der Waals surface area contributed by atoms with Gasteiger partial charge >= 0.3 is 0 Å². The van der Waals surface area contributed by atoms with Gasteiger partial charge < -0.3 is 0 Å². The van der Waals surface area contributed by atoms with Gasteiger partial charge in [0.1, 0.15) is 0 Å². The molecule has 0 saturated carbocycles. The van der Waals surface area contributed by atoms with Crippen LogP contribution in [0.1, 0.15) is 51.4 Å². The molecule has 0 spiro atoms. The fraction of sp³-hybridized carbons (Fsp3) is 0.667. The van der Waals surface area contributed by atoms with Gasteiger partial charge in [-0.25, -0.2) is 0 Å². The second-order valence-electron chi connectivity index (χ2n) is 3.67. The van der Waals surface area contributed by atoms with Gasteiger partial charge in [0, 0.05) is 0 Å². The van der Waals surface area contributed by atoms with Crippen LogP contribution in [0.2, 0.25) is 0 Å². The van der Waals surface area contributed by atoms with Gasteiger partial charge in [-0.15, -0.1) is 0 Å². The van der Waals surface area contributed by atoms with Crippen molar-refractivity contribution in [1.29, 1.82) is 0 Å². The quantitative estimate of drug-likeness (QED) is 0.469. The van der Waals surface area contributed by atoms with Gasteiger partial charge in [0.05, 0.1) is 0 Å². The van der Waals surface area contributed by atoms with Gasteiger partial charge in [0.25, 0.3) is 6.08 Å². The molecule has 0 rings (SSSR count). The van der Waals surface area contributed by atoms with E-state index in [9.17, 15) is 8.78 Å². The summed E-state index contributed by atoms with van der Waals surface area (Å²) in [7, 11) is 0. The minimum absolute atomic E-state index is 0.514. The molecule has 0 bridgehead atoms. The Hall–Kier alpha value is -0.180. The smallest absolute Gasteiger partial charge is 0.174 e. The van der Waals surface area contributed by atoms with Gasteiger partial charge in [0.2, 0.25) is 0 Å². The van der Waals surface area contributed by atoms with Gasteiger partial charge in [-0.1, -0.05) is 48.2 Å². The van der Waals surface area contributed by atoms with Gasteiger partial charge in [0.15, 0.2) is 0 Å². The van der Waals surface area contributed by atoms with Crippen molar-refractivity contribution < 1.29 is 8.78 Å². The van der Waals surface area contributed by atoms with E-state index in [2.05, 4.69) is 22.5 Å². The number of hydrogen-bond acceptors (Lipinski definition) is 0. The number of hydrogen-bond donors (Lipinski definition) is 0. The average molecular weight is 281 g/mol. The normalized spacial score (nSPS) is 10.1. The molecule has 0 unspecified atom stereocenters. The van der Waals surface area contributed by atoms with Crippen molar-refractivity contribution in [1.82, 2.24) is 0 Å². The highest BCUT2D eigenvalue weighted by atomic mass is 79.9. The maximum Gasteiger partial charge on any atom is 0.266 e. The Balaban J connectivity index is 3.05. The molecule has 0 saturated heterocycles. The fourth-order valence-corrected chi connectivity index (χ4v) is 1.66. The van der Waals surface area contributed by atoms with Crippen LogP contribution in [0.15, 0.2) is 23.2 Å². The van der Waals surface area contributed by atoms with Crippen LogP contribution in [0.5, 0.6) is 0 Å². The number of halogens is 3. The minimum atomic E-state index is -1.55. The molecule has 3 heteroatoms.